The second kappa shape index (κ2) is 32.0. The Labute approximate surface area is 715 Å². The number of hydrogen-bond acceptors (Lipinski definition) is 2. The zero-order chi connectivity index (χ0) is 79.5. The van der Waals surface area contributed by atoms with E-state index >= 15 is 0 Å². The first-order valence-electron chi connectivity index (χ1n) is 40.4. The Morgan fingerprint density at radius 1 is 0.299 bits per heavy atom. The van der Waals surface area contributed by atoms with Gasteiger partial charge in [0.25, 0.3) is 0 Å². The van der Waals surface area contributed by atoms with Crippen molar-refractivity contribution in [2.75, 3.05) is 0 Å². The molecule has 0 bridgehead atoms. The zero-order valence-electron chi connectivity index (χ0n) is 66.9. The number of imidazole rings is 2. The van der Waals surface area contributed by atoms with E-state index in [0.29, 0.717) is 5.52 Å². The van der Waals surface area contributed by atoms with E-state index in [1.807, 2.05) is 47.3 Å². The van der Waals surface area contributed by atoms with E-state index in [-0.39, 0.29) is 42.1 Å². The standard InChI is InChI=1S/C55H39N4Si.C50H37N4Si.2Pt/c1-40-18-11-12-27-48(40)41-34-35-56-55(36-41)59-51-29-14-13-28-49(51)50-33-32-47(38-54(50)59)60(44-22-7-3-8-23-44,45-24-9-4-10-25-45)46-26-17-21-43(37-46)58-39-57(42-19-5-2-6-20-42)52-30-15-16-31-53(52)58;1-36-16-9-10-23-43(36)37-30-31-51-50(32-37)54-46-25-12-11-24-44(46)45-29-28-42(34-49(45)54)55(39-18-5-3-6-19-39,40-20-7-4-8-21-40)41-22-15-17-38(33-41)53-35-52(2)47-26-13-14-27-48(47)53;;/h2-36,39H,1H3;3-32,35H,1-2H3;;/q2*-1;;/i;2D3;;. The molecule has 566 valence electrons. The van der Waals surface area contributed by atoms with E-state index in [4.69, 9.17) is 14.1 Å². The van der Waals surface area contributed by atoms with E-state index in [9.17, 15) is 0 Å². The maximum absolute atomic E-state index is 8.33. The van der Waals surface area contributed by atoms with Gasteiger partial charge in [-0.25, -0.2) is 23.7 Å². The van der Waals surface area contributed by atoms with Gasteiger partial charge in [-0.2, -0.15) is 80.8 Å². The van der Waals surface area contributed by atoms with Gasteiger partial charge in [0.1, 0.15) is 33.5 Å². The Kier molecular flexibility index (Phi) is 19.6. The first-order valence-corrected chi connectivity index (χ1v) is 42.9. The van der Waals surface area contributed by atoms with Crippen molar-refractivity contribution in [2.45, 2.75) is 13.8 Å². The number of benzene rings is 15. The first kappa shape index (κ1) is 71.7. The molecule has 0 spiro atoms. The topological polar surface area (TPSA) is 55.4 Å². The molecule has 0 aliphatic carbocycles. The number of rotatable bonds is 15. The van der Waals surface area contributed by atoms with Gasteiger partial charge in [-0.15, -0.1) is 40.2 Å². The van der Waals surface area contributed by atoms with Crippen molar-refractivity contribution in [1.82, 2.24) is 37.4 Å². The molecular weight excluding hydrogens is 1820 g/mol. The molecule has 8 nitrogen and oxygen atoms in total. The number of aryl methyl sites for hydroxylation is 3. The first-order chi connectivity index (χ1) is 58.0. The predicted molar refractivity (Wildman–Crippen MR) is 481 cm³/mol. The molecule has 6 heterocycles. The average Bonchev–Trinajstić information content (AvgIpc) is 1.30. The minimum absolute atomic E-state index is 0. The molecule has 0 aliphatic heterocycles. The van der Waals surface area contributed by atoms with Crippen LogP contribution >= 0.6 is 0 Å². The van der Waals surface area contributed by atoms with Gasteiger partial charge in [0, 0.05) is 112 Å². The molecule has 0 amide bonds. The van der Waals surface area contributed by atoms with Gasteiger partial charge in [0.05, 0.1) is 0 Å². The Morgan fingerprint density at radius 3 is 1.08 bits per heavy atom. The summed E-state index contributed by atoms with van der Waals surface area (Å²) in [6, 6.07) is 151. The van der Waals surface area contributed by atoms with Crippen molar-refractivity contribution >= 4 is 123 Å². The van der Waals surface area contributed by atoms with Crippen LogP contribution in [0.5, 0.6) is 0 Å². The van der Waals surface area contributed by atoms with Crippen LogP contribution in [-0.4, -0.2) is 53.5 Å². The fourth-order valence-corrected chi connectivity index (χ4v) is 26.7. The minimum Gasteiger partial charge on any atom is -0.319 e. The van der Waals surface area contributed by atoms with Gasteiger partial charge in [-0.1, -0.05) is 248 Å². The summed E-state index contributed by atoms with van der Waals surface area (Å²) in [4.78, 5) is 10.0. The predicted octanol–water partition coefficient (Wildman–Crippen LogP) is 18.8. The van der Waals surface area contributed by atoms with E-state index in [1.54, 1.807) is 6.33 Å². The molecule has 117 heavy (non-hydrogen) atoms. The molecule has 0 fully saturated rings. The normalized spacial score (nSPS) is 12.1. The van der Waals surface area contributed by atoms with E-state index in [2.05, 4.69) is 415 Å². The Morgan fingerprint density at radius 2 is 0.650 bits per heavy atom. The summed E-state index contributed by atoms with van der Waals surface area (Å²) < 4.78 is 37.4. The van der Waals surface area contributed by atoms with Gasteiger partial charge >= 0.3 is 0 Å². The summed E-state index contributed by atoms with van der Waals surface area (Å²) in [5, 5.41) is 13.8. The Hall–Kier alpha value is -13.0. The fourth-order valence-electron chi connectivity index (χ4n) is 17.6. The van der Waals surface area contributed by atoms with E-state index in [0.717, 1.165) is 115 Å². The van der Waals surface area contributed by atoms with Crippen LogP contribution in [-0.2, 0) is 49.1 Å². The third-order valence-corrected chi connectivity index (χ3v) is 32.0. The SMILES string of the molecule is Cc1ccccc1-c1ccnc(-n2c3[c-]c([Si](c4[c-]c(-n5[cH+]n(-c6ccccc6)c6ccccc65)ccc4)(c4ccccc4)c4ccccc4)ccc3c3ccccc32)c1.[2H]C([2H])([2H])n1[cH+]n(-c2[c-]c([Si](c3[c-]c4c(cc3)c3ccccc3n4-c3cc(-c4ccccc4C)ccn3)(c3ccccc3)c3ccccc3)ccc2)c2ccccc21.[Pt].[Pt]. The number of fused-ring (bicyclic) bond motifs is 8. The second-order valence-corrected chi connectivity index (χ2v) is 36.8. The quantitative estimate of drug-likeness (QED) is 0.0583. The largest absolute Gasteiger partial charge is 0.319 e. The molecule has 15 aromatic carbocycles. The van der Waals surface area contributed by atoms with Crippen molar-refractivity contribution in [3.05, 3.63) is 443 Å². The summed E-state index contributed by atoms with van der Waals surface area (Å²) >= 11 is 0. The fraction of sp³-hybridized carbons (Fsp3) is 0.0286. The van der Waals surface area contributed by atoms with Gasteiger partial charge in [-0.05, 0) is 139 Å². The molecule has 0 unspecified atom stereocenters. The third kappa shape index (κ3) is 13.1. The maximum atomic E-state index is 8.33. The van der Waals surface area contributed by atoms with Crippen molar-refractivity contribution in [1.29, 1.82) is 0 Å². The van der Waals surface area contributed by atoms with Crippen LogP contribution in [0.2, 0.25) is 0 Å². The van der Waals surface area contributed by atoms with Crippen molar-refractivity contribution in [3.8, 4) is 51.0 Å². The monoisotopic (exact) mass is 1900 g/mol. The molecule has 0 aliphatic rings. The average molecular weight is 1900 g/mol. The summed E-state index contributed by atoms with van der Waals surface area (Å²) in [6.45, 7) is 1.95. The number of hydrogen-bond donors (Lipinski definition) is 0. The van der Waals surface area contributed by atoms with E-state index in [1.165, 1.54) is 53.0 Å². The van der Waals surface area contributed by atoms with Gasteiger partial charge in [-0.3, -0.25) is 0 Å². The van der Waals surface area contributed by atoms with Crippen LogP contribution in [0, 0.1) is 38.1 Å². The van der Waals surface area contributed by atoms with Crippen LogP contribution < -0.4 is 41.5 Å². The molecule has 21 rings (SSSR count). The molecule has 0 N–H and O–H groups in total. The van der Waals surface area contributed by atoms with Crippen LogP contribution in [0.15, 0.2) is 407 Å². The third-order valence-electron chi connectivity index (χ3n) is 22.8. The van der Waals surface area contributed by atoms with Crippen molar-refractivity contribution < 1.29 is 46.2 Å². The number of nitrogens with zero attached hydrogens (tertiary/aromatic N) is 8. The summed E-state index contributed by atoms with van der Waals surface area (Å²) in [5.74, 6) is 1.68. The summed E-state index contributed by atoms with van der Waals surface area (Å²) in [6.07, 6.45) is 7.70. The second-order valence-electron chi connectivity index (χ2n) is 29.3. The van der Waals surface area contributed by atoms with Crippen LogP contribution in [0.25, 0.3) is 117 Å². The number of para-hydroxylation sites is 7. The molecule has 0 atom stereocenters. The van der Waals surface area contributed by atoms with Crippen molar-refractivity contribution in [2.24, 2.45) is 6.98 Å². The van der Waals surface area contributed by atoms with Crippen LogP contribution in [0.3, 0.4) is 0 Å². The summed E-state index contributed by atoms with van der Waals surface area (Å²) in [7, 11) is -6.31. The molecular formula is C105H76N8Pt2Si2-2. The zero-order valence-corrected chi connectivity index (χ0v) is 70.4. The van der Waals surface area contributed by atoms with Gasteiger partial charge < -0.3 is 9.13 Å². The molecule has 6 aromatic heterocycles. The maximum Gasteiger partial charge on any atom is 0.188 e. The van der Waals surface area contributed by atoms with Crippen LogP contribution in [0.4, 0.5) is 0 Å². The van der Waals surface area contributed by atoms with Gasteiger partial charge in [0.15, 0.2) is 34.7 Å². The molecule has 0 radical (unpaired) electrons. The summed E-state index contributed by atoms with van der Waals surface area (Å²) in [5.41, 5.74) is 17.7. The molecule has 0 saturated heterocycles. The van der Waals surface area contributed by atoms with Crippen molar-refractivity contribution in [3.63, 3.8) is 0 Å². The molecule has 12 heteroatoms. The number of aromatic nitrogens is 8. The van der Waals surface area contributed by atoms with Gasteiger partial charge in [0.2, 0.25) is 0 Å². The smallest absolute Gasteiger partial charge is 0.188 e. The number of pyridine rings is 2. The molecule has 0 saturated carbocycles. The Balaban J connectivity index is 0.000000162. The Bertz CT molecular complexity index is 7280. The molecule has 21 aromatic rings. The van der Waals surface area contributed by atoms with Crippen LogP contribution in [0.1, 0.15) is 15.2 Å². The minimum atomic E-state index is -3.20. The van der Waals surface area contributed by atoms with E-state index < -0.39 is 23.1 Å².